The van der Waals surface area contributed by atoms with E-state index < -0.39 is 11.9 Å². The number of pyridine rings is 1. The molecule has 3 rings (SSSR count). The van der Waals surface area contributed by atoms with Crippen LogP contribution in [0.3, 0.4) is 0 Å². The number of anilines is 3. The molecule has 0 saturated carbocycles. The molecule has 3 heterocycles. The van der Waals surface area contributed by atoms with Crippen molar-refractivity contribution in [1.82, 2.24) is 15.2 Å². The first kappa shape index (κ1) is 16.4. The number of nitrogens with one attached hydrogen (secondary N) is 1. The van der Waals surface area contributed by atoms with Gasteiger partial charge < -0.3 is 15.0 Å². The molecule has 128 valence electrons. The van der Waals surface area contributed by atoms with E-state index in [9.17, 15) is 13.2 Å². The third-order valence-electron chi connectivity index (χ3n) is 3.62. The lowest BCUT2D eigenvalue weighted by molar-refractivity contribution is -0.141. The van der Waals surface area contributed by atoms with Crippen molar-refractivity contribution in [3.63, 3.8) is 0 Å². The number of halogens is 3. The van der Waals surface area contributed by atoms with Crippen molar-refractivity contribution >= 4 is 17.3 Å². The smallest absolute Gasteiger partial charge is 0.378 e. The molecule has 0 bridgehead atoms. The molecule has 6 nitrogen and oxygen atoms in total. The summed E-state index contributed by atoms with van der Waals surface area (Å²) in [6, 6.07) is 5.82. The van der Waals surface area contributed by atoms with E-state index in [1.165, 1.54) is 6.07 Å². The van der Waals surface area contributed by atoms with Crippen molar-refractivity contribution in [3.05, 3.63) is 35.7 Å². The maximum absolute atomic E-state index is 12.5. The molecule has 9 heteroatoms. The molecule has 0 radical (unpaired) electrons. The Morgan fingerprint density at radius 1 is 1.08 bits per heavy atom. The second-order valence-corrected chi connectivity index (χ2v) is 5.33. The summed E-state index contributed by atoms with van der Waals surface area (Å²) in [4.78, 5) is 6.65. The number of ether oxygens (including phenoxy) is 1. The van der Waals surface area contributed by atoms with Gasteiger partial charge in [-0.1, -0.05) is 0 Å². The fourth-order valence-electron chi connectivity index (χ4n) is 2.34. The van der Waals surface area contributed by atoms with Crippen LogP contribution in [0.15, 0.2) is 24.3 Å². The molecule has 0 aliphatic carbocycles. The third-order valence-corrected chi connectivity index (χ3v) is 3.62. The van der Waals surface area contributed by atoms with Gasteiger partial charge in [-0.05, 0) is 31.2 Å². The first-order valence-corrected chi connectivity index (χ1v) is 7.42. The Morgan fingerprint density at radius 3 is 2.42 bits per heavy atom. The number of aryl methyl sites for hydroxylation is 1. The first-order valence-electron chi connectivity index (χ1n) is 7.42. The fraction of sp³-hybridized carbons (Fsp3) is 0.400. The Bertz CT molecular complexity index is 699. The number of aromatic nitrogens is 3. The van der Waals surface area contributed by atoms with Gasteiger partial charge in [0.2, 0.25) is 0 Å². The molecule has 0 amide bonds. The molecule has 1 aliphatic rings. The van der Waals surface area contributed by atoms with E-state index in [1.54, 1.807) is 0 Å². The summed E-state index contributed by atoms with van der Waals surface area (Å²) in [6.45, 7) is 4.72. The van der Waals surface area contributed by atoms with E-state index in [0.717, 1.165) is 30.7 Å². The molecule has 24 heavy (non-hydrogen) atoms. The fourth-order valence-corrected chi connectivity index (χ4v) is 2.34. The summed E-state index contributed by atoms with van der Waals surface area (Å²) >= 11 is 0. The van der Waals surface area contributed by atoms with Crippen LogP contribution in [0.2, 0.25) is 0 Å². The highest BCUT2D eigenvalue weighted by Gasteiger charge is 2.32. The van der Waals surface area contributed by atoms with Crippen LogP contribution in [-0.4, -0.2) is 41.5 Å². The van der Waals surface area contributed by atoms with Crippen molar-refractivity contribution in [1.29, 1.82) is 0 Å². The van der Waals surface area contributed by atoms with E-state index >= 15 is 0 Å². The van der Waals surface area contributed by atoms with E-state index in [0.29, 0.717) is 18.9 Å². The Balaban J connectivity index is 1.73. The highest BCUT2D eigenvalue weighted by atomic mass is 19.4. The van der Waals surface area contributed by atoms with Gasteiger partial charge in [0, 0.05) is 13.1 Å². The van der Waals surface area contributed by atoms with Gasteiger partial charge >= 0.3 is 6.18 Å². The van der Waals surface area contributed by atoms with Crippen LogP contribution in [0.25, 0.3) is 0 Å². The zero-order valence-electron chi connectivity index (χ0n) is 13.0. The van der Waals surface area contributed by atoms with Crippen molar-refractivity contribution in [2.75, 3.05) is 36.5 Å². The number of nitrogens with zero attached hydrogens (tertiary/aromatic N) is 4. The van der Waals surface area contributed by atoms with E-state index in [4.69, 9.17) is 4.74 Å². The molecule has 0 spiro atoms. The Hall–Kier alpha value is -2.42. The lowest BCUT2D eigenvalue weighted by Gasteiger charge is -2.28. The molecule has 2 aromatic heterocycles. The molecule has 0 atom stereocenters. The molecule has 2 aromatic rings. The quantitative estimate of drug-likeness (QED) is 0.928. The number of hydrogen-bond donors (Lipinski definition) is 1. The zero-order valence-corrected chi connectivity index (χ0v) is 13.0. The molecule has 1 fully saturated rings. The topological polar surface area (TPSA) is 63.2 Å². The highest BCUT2D eigenvalue weighted by molar-refractivity contribution is 5.60. The molecular formula is C15H16F3N5O. The highest BCUT2D eigenvalue weighted by Crippen LogP contribution is 2.28. The summed E-state index contributed by atoms with van der Waals surface area (Å²) in [6.07, 6.45) is -4.50. The summed E-state index contributed by atoms with van der Waals surface area (Å²) in [5.74, 6) is 1.08. The van der Waals surface area contributed by atoms with Gasteiger partial charge in [0.05, 0.1) is 24.6 Å². The normalized spacial score (nSPS) is 15.4. The van der Waals surface area contributed by atoms with Crippen LogP contribution in [0.4, 0.5) is 30.5 Å². The van der Waals surface area contributed by atoms with Crippen LogP contribution in [0, 0.1) is 6.92 Å². The van der Waals surface area contributed by atoms with Crippen molar-refractivity contribution in [2.45, 2.75) is 13.1 Å². The average molecular weight is 339 g/mol. The van der Waals surface area contributed by atoms with E-state index in [-0.39, 0.29) is 5.82 Å². The van der Waals surface area contributed by atoms with Gasteiger partial charge in [0.25, 0.3) is 0 Å². The minimum atomic E-state index is -4.50. The third kappa shape index (κ3) is 3.73. The van der Waals surface area contributed by atoms with Crippen LogP contribution in [0.5, 0.6) is 0 Å². The van der Waals surface area contributed by atoms with Crippen LogP contribution in [-0.2, 0) is 10.9 Å². The first-order chi connectivity index (χ1) is 11.4. The lowest BCUT2D eigenvalue weighted by atomic mass is 10.3. The predicted octanol–water partition coefficient (Wildman–Crippen LogP) is 2.78. The van der Waals surface area contributed by atoms with Gasteiger partial charge in [-0.2, -0.15) is 13.2 Å². The van der Waals surface area contributed by atoms with Gasteiger partial charge in [-0.15, -0.1) is 10.2 Å². The number of rotatable bonds is 3. The predicted molar refractivity (Wildman–Crippen MR) is 82.3 cm³/mol. The molecule has 1 saturated heterocycles. The second-order valence-electron chi connectivity index (χ2n) is 5.33. The van der Waals surface area contributed by atoms with Gasteiger partial charge in [0.1, 0.15) is 5.82 Å². The monoisotopic (exact) mass is 339 g/mol. The Morgan fingerprint density at radius 2 is 1.83 bits per heavy atom. The van der Waals surface area contributed by atoms with Gasteiger partial charge in [-0.25, -0.2) is 4.98 Å². The molecule has 1 aliphatic heterocycles. The van der Waals surface area contributed by atoms with E-state index in [1.807, 2.05) is 19.1 Å². The summed E-state index contributed by atoms with van der Waals surface area (Å²) in [5, 5.41) is 9.68. The van der Waals surface area contributed by atoms with Gasteiger partial charge in [-0.3, -0.25) is 0 Å². The van der Waals surface area contributed by atoms with Crippen molar-refractivity contribution < 1.29 is 17.9 Å². The minimum Gasteiger partial charge on any atom is -0.378 e. The second kappa shape index (κ2) is 6.60. The Kier molecular flexibility index (Phi) is 4.52. The zero-order chi connectivity index (χ0) is 17.2. The lowest BCUT2D eigenvalue weighted by Crippen LogP contribution is -2.36. The molecule has 1 N–H and O–H groups in total. The Labute approximate surface area is 136 Å². The number of morpholine rings is 1. The van der Waals surface area contributed by atoms with Crippen molar-refractivity contribution in [2.24, 2.45) is 0 Å². The van der Waals surface area contributed by atoms with Crippen LogP contribution >= 0.6 is 0 Å². The maximum atomic E-state index is 12.5. The largest absolute Gasteiger partial charge is 0.435 e. The van der Waals surface area contributed by atoms with Gasteiger partial charge in [0.15, 0.2) is 11.5 Å². The summed E-state index contributed by atoms with van der Waals surface area (Å²) in [5.41, 5.74) is 0.368. The van der Waals surface area contributed by atoms with Crippen LogP contribution < -0.4 is 10.2 Å². The minimum absolute atomic E-state index is 0.229. The number of alkyl halides is 3. The van der Waals surface area contributed by atoms with Crippen LogP contribution in [0.1, 0.15) is 11.4 Å². The molecule has 0 unspecified atom stereocenters. The number of hydrogen-bond acceptors (Lipinski definition) is 6. The molecule has 0 aromatic carbocycles. The summed E-state index contributed by atoms with van der Waals surface area (Å²) in [7, 11) is 0. The van der Waals surface area contributed by atoms with Crippen molar-refractivity contribution in [3.8, 4) is 0 Å². The molecular weight excluding hydrogens is 323 g/mol. The summed E-state index contributed by atoms with van der Waals surface area (Å²) < 4.78 is 42.8. The van der Waals surface area contributed by atoms with E-state index in [2.05, 4.69) is 25.4 Å². The maximum Gasteiger partial charge on any atom is 0.435 e. The average Bonchev–Trinajstić information content (AvgIpc) is 2.57. The SMILES string of the molecule is Cc1nc(N2CCOCC2)ccc1Nc1ccc(C(F)(F)F)nn1. The standard InChI is InChI=1S/C15H16F3N5O/c1-10-11(2-5-14(19-10)23-6-8-24-9-7-23)20-13-4-3-12(21-22-13)15(16,17)18/h2-5H,6-9H2,1H3,(H,20,22).